The quantitative estimate of drug-likeness (QED) is 0.583. The van der Waals surface area contributed by atoms with Crippen molar-refractivity contribution >= 4 is 11.9 Å². The number of amides is 1. The first kappa shape index (κ1) is 24.7. The third-order valence-electron chi connectivity index (χ3n) is 7.19. The van der Waals surface area contributed by atoms with Crippen LogP contribution in [-0.2, 0) is 23.7 Å². The topological polar surface area (TPSA) is 65.5 Å². The van der Waals surface area contributed by atoms with Crippen LogP contribution in [0.15, 0.2) is 30.9 Å². The molecule has 194 valence electrons. The average Bonchev–Trinajstić information content (AvgIpc) is 2.78. The molecule has 0 atom stereocenters. The third-order valence-corrected chi connectivity index (χ3v) is 7.19. The monoisotopic (exact) mass is 514 g/mol. The molecule has 0 N–H and O–H groups in total. The largest absolute Gasteiger partial charge is 0.419 e. The zero-order valence-corrected chi connectivity index (χ0v) is 19.2. The summed E-state index contributed by atoms with van der Waals surface area (Å²) in [6, 6.07) is 1.13. The van der Waals surface area contributed by atoms with Crippen LogP contribution in [0.1, 0.15) is 29.5 Å². The van der Waals surface area contributed by atoms with Crippen LogP contribution in [0.2, 0.25) is 0 Å². The molecule has 36 heavy (non-hydrogen) atoms. The second-order valence-electron chi connectivity index (χ2n) is 9.91. The number of pyridine rings is 1. The summed E-state index contributed by atoms with van der Waals surface area (Å²) in [6.07, 6.45) is -3.61. The summed E-state index contributed by atoms with van der Waals surface area (Å²) < 4.78 is 76.7. The number of hydrogen-bond donors (Lipinski definition) is 0. The van der Waals surface area contributed by atoms with Gasteiger partial charge in [0.25, 0.3) is 0 Å². The molecule has 1 saturated carbocycles. The molecular weight excluding hydrogens is 490 g/mol. The molecule has 0 radical (unpaired) electrons. The van der Waals surface area contributed by atoms with Crippen LogP contribution in [0, 0.1) is 11.3 Å². The second kappa shape index (κ2) is 8.86. The molecule has 4 heterocycles. The molecule has 0 aromatic carbocycles. The van der Waals surface area contributed by atoms with Crippen LogP contribution in [-0.4, -0.2) is 69.9 Å². The maximum atomic E-state index is 12.9. The Balaban J connectivity index is 1.06. The highest BCUT2D eigenvalue weighted by molar-refractivity contribution is 5.80. The number of anilines is 1. The molecule has 3 aliphatic rings. The van der Waals surface area contributed by atoms with Crippen LogP contribution in [0.4, 0.5) is 32.3 Å². The van der Waals surface area contributed by atoms with Crippen molar-refractivity contribution < 1.29 is 31.1 Å². The minimum atomic E-state index is -4.49. The highest BCUT2D eigenvalue weighted by Gasteiger charge is 2.54. The van der Waals surface area contributed by atoms with Gasteiger partial charge in [-0.3, -0.25) is 14.7 Å². The molecule has 0 bridgehead atoms. The molecule has 2 saturated heterocycles. The summed E-state index contributed by atoms with van der Waals surface area (Å²) in [5, 5.41) is 0. The van der Waals surface area contributed by atoms with Crippen molar-refractivity contribution in [2.75, 3.05) is 44.2 Å². The molecule has 13 heteroatoms. The van der Waals surface area contributed by atoms with E-state index in [1.54, 1.807) is 9.80 Å². The summed E-state index contributed by atoms with van der Waals surface area (Å²) in [5.74, 6) is 0.216. The fraction of sp³-hybridized carbons (Fsp3) is 0.565. The Hall–Kier alpha value is -2.96. The van der Waals surface area contributed by atoms with Crippen molar-refractivity contribution in [2.24, 2.45) is 11.3 Å². The molecule has 1 spiro atoms. The van der Waals surface area contributed by atoms with Crippen LogP contribution >= 0.6 is 0 Å². The predicted octanol–water partition coefficient (Wildman–Crippen LogP) is 3.47. The van der Waals surface area contributed by atoms with Gasteiger partial charge in [0.1, 0.15) is 0 Å². The fourth-order valence-electron chi connectivity index (χ4n) is 5.44. The summed E-state index contributed by atoms with van der Waals surface area (Å²) in [5.41, 5.74) is -1.10. The van der Waals surface area contributed by atoms with E-state index in [1.165, 1.54) is 6.20 Å². The van der Waals surface area contributed by atoms with E-state index in [0.717, 1.165) is 50.6 Å². The van der Waals surface area contributed by atoms with Gasteiger partial charge in [0.05, 0.1) is 11.1 Å². The Bertz CT molecular complexity index is 1100. The minimum absolute atomic E-state index is 0.0469. The minimum Gasteiger partial charge on any atom is -0.339 e. The Labute approximate surface area is 203 Å². The first-order valence-corrected chi connectivity index (χ1v) is 11.6. The number of piperazine rings is 1. The number of nitrogens with zero attached hydrogens (tertiary/aromatic N) is 6. The van der Waals surface area contributed by atoms with E-state index < -0.39 is 23.5 Å². The fourth-order valence-corrected chi connectivity index (χ4v) is 5.44. The molecule has 2 aromatic rings. The Kier molecular flexibility index (Phi) is 6.08. The number of carbonyl (C=O) groups excluding carboxylic acids is 1. The molecule has 2 aliphatic heterocycles. The number of carbonyl (C=O) groups is 1. The second-order valence-corrected chi connectivity index (χ2v) is 9.91. The van der Waals surface area contributed by atoms with Crippen molar-refractivity contribution in [3.63, 3.8) is 0 Å². The van der Waals surface area contributed by atoms with Crippen LogP contribution < -0.4 is 4.90 Å². The van der Waals surface area contributed by atoms with Gasteiger partial charge >= 0.3 is 12.4 Å². The van der Waals surface area contributed by atoms with Gasteiger partial charge < -0.3 is 9.80 Å². The van der Waals surface area contributed by atoms with E-state index in [9.17, 15) is 31.1 Å². The van der Waals surface area contributed by atoms with E-state index in [2.05, 4.69) is 19.9 Å². The average molecular weight is 514 g/mol. The lowest BCUT2D eigenvalue weighted by atomic mass is 9.57. The van der Waals surface area contributed by atoms with E-state index in [4.69, 9.17) is 0 Å². The lowest BCUT2D eigenvalue weighted by molar-refractivity contribution is -0.155. The van der Waals surface area contributed by atoms with Gasteiger partial charge in [-0.05, 0) is 29.9 Å². The van der Waals surface area contributed by atoms with Gasteiger partial charge in [-0.1, -0.05) is 0 Å². The highest BCUT2D eigenvalue weighted by atomic mass is 19.4. The number of aromatic nitrogens is 3. The molecule has 5 rings (SSSR count). The first-order chi connectivity index (χ1) is 16.9. The lowest BCUT2D eigenvalue weighted by Crippen LogP contribution is -2.64. The smallest absolute Gasteiger partial charge is 0.339 e. The van der Waals surface area contributed by atoms with Crippen molar-refractivity contribution in [1.82, 2.24) is 24.8 Å². The maximum Gasteiger partial charge on any atom is 0.419 e. The van der Waals surface area contributed by atoms with Gasteiger partial charge in [-0.2, -0.15) is 26.3 Å². The number of rotatable bonds is 4. The Morgan fingerprint density at radius 3 is 2.08 bits per heavy atom. The highest BCUT2D eigenvalue weighted by Crippen LogP contribution is 2.52. The van der Waals surface area contributed by atoms with Crippen molar-refractivity contribution in [3.05, 3.63) is 47.5 Å². The SMILES string of the molecule is O=C(C1CC2(C1)CN(Cc1cncc(C(F)(F)F)c1)C2)N1CCN(c2ncc(C(F)(F)F)cn2)CC1. The van der Waals surface area contributed by atoms with E-state index in [0.29, 0.717) is 38.3 Å². The Morgan fingerprint density at radius 1 is 0.889 bits per heavy atom. The Morgan fingerprint density at radius 2 is 1.50 bits per heavy atom. The third kappa shape index (κ3) is 4.97. The van der Waals surface area contributed by atoms with Gasteiger partial charge in [-0.15, -0.1) is 0 Å². The maximum absolute atomic E-state index is 12.9. The molecule has 2 aromatic heterocycles. The number of halogens is 6. The zero-order valence-electron chi connectivity index (χ0n) is 19.2. The summed E-state index contributed by atoms with van der Waals surface area (Å²) in [6.45, 7) is 3.65. The van der Waals surface area contributed by atoms with Crippen LogP contribution in [0.5, 0.6) is 0 Å². The summed E-state index contributed by atoms with van der Waals surface area (Å²) in [7, 11) is 0. The first-order valence-electron chi connectivity index (χ1n) is 11.6. The summed E-state index contributed by atoms with van der Waals surface area (Å²) in [4.78, 5) is 29.9. The number of likely N-dealkylation sites (tertiary alicyclic amines) is 1. The van der Waals surface area contributed by atoms with Crippen molar-refractivity contribution in [3.8, 4) is 0 Å². The van der Waals surface area contributed by atoms with E-state index in [1.807, 2.05) is 0 Å². The van der Waals surface area contributed by atoms with Gasteiger partial charge in [0.15, 0.2) is 0 Å². The molecular formula is C23H24F6N6O. The molecule has 1 aliphatic carbocycles. The van der Waals surface area contributed by atoms with Gasteiger partial charge in [-0.25, -0.2) is 9.97 Å². The van der Waals surface area contributed by atoms with Crippen LogP contribution in [0.25, 0.3) is 0 Å². The number of alkyl halides is 6. The van der Waals surface area contributed by atoms with Crippen molar-refractivity contribution in [1.29, 1.82) is 0 Å². The van der Waals surface area contributed by atoms with Crippen LogP contribution in [0.3, 0.4) is 0 Å². The van der Waals surface area contributed by atoms with E-state index >= 15 is 0 Å². The number of hydrogen-bond acceptors (Lipinski definition) is 6. The predicted molar refractivity (Wildman–Crippen MR) is 116 cm³/mol. The van der Waals surface area contributed by atoms with Gasteiger partial charge in [0.2, 0.25) is 11.9 Å². The zero-order chi connectivity index (χ0) is 25.7. The van der Waals surface area contributed by atoms with Gasteiger partial charge in [0, 0.05) is 76.5 Å². The standard InChI is InChI=1S/C23H24F6N6O/c24-22(25,26)17-5-15(8-30-9-17)12-33-13-21(14-33)6-16(7-21)19(36)34-1-3-35(4-2-34)20-31-10-18(11-32-20)23(27,28)29/h5,8-11,16H,1-4,6-7,12-14H2. The van der Waals surface area contributed by atoms with E-state index in [-0.39, 0.29) is 23.2 Å². The lowest BCUT2D eigenvalue weighted by Gasteiger charge is -2.59. The molecule has 3 fully saturated rings. The normalized spacial score (nSPS) is 20.8. The summed E-state index contributed by atoms with van der Waals surface area (Å²) >= 11 is 0. The molecule has 0 unspecified atom stereocenters. The molecule has 7 nitrogen and oxygen atoms in total. The molecule has 1 amide bonds. The van der Waals surface area contributed by atoms with Crippen molar-refractivity contribution in [2.45, 2.75) is 31.7 Å².